The fourth-order valence-electron chi connectivity index (χ4n) is 3.86. The number of hydrogen-bond donors (Lipinski definition) is 1. The van der Waals surface area contributed by atoms with Gasteiger partial charge >= 0.3 is 0 Å². The first-order chi connectivity index (χ1) is 11.8. The molecule has 0 spiro atoms. The van der Waals surface area contributed by atoms with Crippen molar-refractivity contribution in [3.63, 3.8) is 0 Å². The van der Waals surface area contributed by atoms with Gasteiger partial charge in [-0.2, -0.15) is 0 Å². The number of carbonyl (C=O) groups excluding carboxylic acids is 1. The van der Waals surface area contributed by atoms with Gasteiger partial charge in [-0.3, -0.25) is 9.78 Å². The molecule has 6 nitrogen and oxygen atoms in total. The molecule has 2 saturated heterocycles. The zero-order valence-electron chi connectivity index (χ0n) is 15.5. The summed E-state index contributed by atoms with van der Waals surface area (Å²) < 4.78 is 0. The van der Waals surface area contributed by atoms with Crippen molar-refractivity contribution < 1.29 is 4.79 Å². The van der Waals surface area contributed by atoms with Crippen LogP contribution >= 0.6 is 24.8 Å². The Morgan fingerprint density at radius 2 is 1.81 bits per heavy atom. The Morgan fingerprint density at radius 1 is 1.12 bits per heavy atom. The minimum atomic E-state index is 0. The average molecular weight is 404 g/mol. The fraction of sp³-hybridized carbons (Fsp3) is 0.722. The van der Waals surface area contributed by atoms with Crippen LogP contribution in [0.3, 0.4) is 0 Å². The number of rotatable bonds is 5. The predicted octanol–water partition coefficient (Wildman–Crippen LogP) is 2.38. The van der Waals surface area contributed by atoms with Crippen LogP contribution < -0.4 is 10.2 Å². The van der Waals surface area contributed by atoms with Crippen molar-refractivity contribution in [2.45, 2.75) is 32.1 Å². The highest BCUT2D eigenvalue weighted by Crippen LogP contribution is 2.26. The summed E-state index contributed by atoms with van der Waals surface area (Å²) in [6, 6.07) is 0. The van der Waals surface area contributed by atoms with Gasteiger partial charge in [-0.1, -0.05) is 0 Å². The number of hydrogen-bond acceptors (Lipinski definition) is 5. The Hall–Kier alpha value is -1.11. The van der Waals surface area contributed by atoms with E-state index in [-0.39, 0.29) is 30.7 Å². The van der Waals surface area contributed by atoms with Crippen molar-refractivity contribution in [2.24, 2.45) is 11.8 Å². The van der Waals surface area contributed by atoms with E-state index in [0.29, 0.717) is 5.91 Å². The number of aromatic nitrogens is 2. The van der Waals surface area contributed by atoms with Crippen molar-refractivity contribution in [2.75, 3.05) is 44.7 Å². The zero-order valence-corrected chi connectivity index (χ0v) is 17.1. The Bertz CT molecular complexity index is 518. The predicted molar refractivity (Wildman–Crippen MR) is 109 cm³/mol. The summed E-state index contributed by atoms with van der Waals surface area (Å²) in [6.07, 6.45) is 10.6. The first-order valence-electron chi connectivity index (χ1n) is 9.22. The first-order valence-corrected chi connectivity index (χ1v) is 9.22. The van der Waals surface area contributed by atoms with Crippen LogP contribution in [0, 0.1) is 11.8 Å². The van der Waals surface area contributed by atoms with E-state index in [2.05, 4.69) is 25.1 Å². The van der Waals surface area contributed by atoms with Crippen molar-refractivity contribution in [3.05, 3.63) is 18.6 Å². The van der Waals surface area contributed by atoms with Crippen LogP contribution in [-0.4, -0.2) is 60.5 Å². The molecule has 0 unspecified atom stereocenters. The molecule has 1 aromatic heterocycles. The van der Waals surface area contributed by atoms with Crippen LogP contribution in [0.25, 0.3) is 0 Å². The fourth-order valence-corrected chi connectivity index (χ4v) is 3.86. The third kappa shape index (κ3) is 5.96. The highest BCUT2D eigenvalue weighted by atomic mass is 35.5. The minimum Gasteiger partial charge on any atom is -0.355 e. The molecule has 0 saturated carbocycles. The van der Waals surface area contributed by atoms with Crippen molar-refractivity contribution in [3.8, 4) is 0 Å². The van der Waals surface area contributed by atoms with E-state index < -0.39 is 0 Å². The van der Waals surface area contributed by atoms with Gasteiger partial charge in [0.2, 0.25) is 5.91 Å². The lowest BCUT2D eigenvalue weighted by Crippen LogP contribution is -2.45. The molecular formula is C18H31Cl2N5O. The number of piperidine rings is 2. The first kappa shape index (κ1) is 22.9. The molecule has 1 aromatic rings. The molecule has 1 N–H and O–H groups in total. The molecular weight excluding hydrogens is 373 g/mol. The summed E-state index contributed by atoms with van der Waals surface area (Å²) >= 11 is 0. The van der Waals surface area contributed by atoms with Crippen LogP contribution in [0.4, 0.5) is 5.82 Å². The Kier molecular flexibility index (Phi) is 10.2. The smallest absolute Gasteiger partial charge is 0.225 e. The van der Waals surface area contributed by atoms with Crippen molar-refractivity contribution in [1.82, 2.24) is 20.2 Å². The number of nitrogens with zero attached hydrogens (tertiary/aromatic N) is 4. The standard InChI is InChI=1S/C18H29N5O.2ClH/c1-19-7-2-15-3-10-23(11-4-15)18(24)16-5-12-22(13-6-16)17-14-20-8-9-21-17;;/h8-9,14-16,19H,2-7,10-13H2,1H3;2*1H. The van der Waals surface area contributed by atoms with Gasteiger partial charge in [0.25, 0.3) is 0 Å². The lowest BCUT2D eigenvalue weighted by Gasteiger charge is -2.37. The summed E-state index contributed by atoms with van der Waals surface area (Å²) in [5.41, 5.74) is 0. The number of amides is 1. The largest absolute Gasteiger partial charge is 0.355 e. The number of carbonyl (C=O) groups is 1. The molecule has 26 heavy (non-hydrogen) atoms. The van der Waals surface area contributed by atoms with E-state index in [1.54, 1.807) is 18.6 Å². The third-order valence-corrected chi connectivity index (χ3v) is 5.45. The molecule has 0 aliphatic carbocycles. The molecule has 1 amide bonds. The molecule has 0 bridgehead atoms. The SMILES string of the molecule is CNCCC1CCN(C(=O)C2CCN(c3cnccn3)CC2)CC1.Cl.Cl. The van der Waals surface area contributed by atoms with Crippen LogP contribution in [0.2, 0.25) is 0 Å². The van der Waals surface area contributed by atoms with Gasteiger partial charge in [-0.05, 0) is 51.6 Å². The van der Waals surface area contributed by atoms with E-state index in [1.807, 2.05) is 7.05 Å². The lowest BCUT2D eigenvalue weighted by molar-refractivity contribution is -0.137. The molecule has 2 aliphatic heterocycles. The van der Waals surface area contributed by atoms with Crippen molar-refractivity contribution >= 4 is 36.5 Å². The van der Waals surface area contributed by atoms with Gasteiger partial charge in [0.1, 0.15) is 5.82 Å². The summed E-state index contributed by atoms with van der Waals surface area (Å²) in [5, 5.41) is 3.22. The monoisotopic (exact) mass is 403 g/mol. The molecule has 0 radical (unpaired) electrons. The minimum absolute atomic E-state index is 0. The molecule has 3 rings (SSSR count). The second kappa shape index (κ2) is 11.6. The Morgan fingerprint density at radius 3 is 2.38 bits per heavy atom. The maximum Gasteiger partial charge on any atom is 0.225 e. The molecule has 0 aromatic carbocycles. The second-order valence-corrected chi connectivity index (χ2v) is 6.99. The maximum absolute atomic E-state index is 12.8. The number of likely N-dealkylation sites (tertiary alicyclic amines) is 1. The van der Waals surface area contributed by atoms with Gasteiger partial charge in [-0.25, -0.2) is 4.98 Å². The summed E-state index contributed by atoms with van der Waals surface area (Å²) in [5.74, 6) is 2.27. The maximum atomic E-state index is 12.8. The van der Waals surface area contributed by atoms with Crippen LogP contribution in [0.1, 0.15) is 32.1 Å². The summed E-state index contributed by atoms with van der Waals surface area (Å²) in [7, 11) is 2.01. The quantitative estimate of drug-likeness (QED) is 0.817. The zero-order chi connectivity index (χ0) is 16.8. The summed E-state index contributed by atoms with van der Waals surface area (Å²) in [4.78, 5) is 25.6. The van der Waals surface area contributed by atoms with E-state index in [1.165, 1.54) is 6.42 Å². The Labute approximate surface area is 169 Å². The highest BCUT2D eigenvalue weighted by Gasteiger charge is 2.31. The molecule has 2 aliphatic rings. The molecule has 8 heteroatoms. The Balaban J connectivity index is 0.00000169. The lowest BCUT2D eigenvalue weighted by atomic mass is 9.90. The number of halogens is 2. The van der Waals surface area contributed by atoms with Gasteiger partial charge < -0.3 is 15.1 Å². The van der Waals surface area contributed by atoms with E-state index in [0.717, 1.165) is 70.1 Å². The van der Waals surface area contributed by atoms with Crippen molar-refractivity contribution in [1.29, 1.82) is 0 Å². The second-order valence-electron chi connectivity index (χ2n) is 6.99. The third-order valence-electron chi connectivity index (χ3n) is 5.45. The molecule has 0 atom stereocenters. The average Bonchev–Trinajstić information content (AvgIpc) is 2.67. The topological polar surface area (TPSA) is 61.4 Å². The van der Waals surface area contributed by atoms with Gasteiger partial charge in [0, 0.05) is 44.5 Å². The highest BCUT2D eigenvalue weighted by molar-refractivity contribution is 5.85. The van der Waals surface area contributed by atoms with E-state index in [9.17, 15) is 4.79 Å². The van der Waals surface area contributed by atoms with E-state index in [4.69, 9.17) is 0 Å². The molecule has 148 valence electrons. The number of anilines is 1. The van der Waals surface area contributed by atoms with Crippen LogP contribution in [0.15, 0.2) is 18.6 Å². The van der Waals surface area contributed by atoms with E-state index >= 15 is 0 Å². The van der Waals surface area contributed by atoms with Crippen LogP contribution in [0.5, 0.6) is 0 Å². The van der Waals surface area contributed by atoms with Gasteiger partial charge in [0.05, 0.1) is 6.20 Å². The molecule has 2 fully saturated rings. The molecule has 3 heterocycles. The van der Waals surface area contributed by atoms with Gasteiger partial charge in [-0.15, -0.1) is 24.8 Å². The van der Waals surface area contributed by atoms with Gasteiger partial charge in [0.15, 0.2) is 0 Å². The number of nitrogens with one attached hydrogen (secondary N) is 1. The normalized spacial score (nSPS) is 18.8. The van der Waals surface area contributed by atoms with Crippen LogP contribution in [-0.2, 0) is 4.79 Å². The summed E-state index contributed by atoms with van der Waals surface area (Å²) in [6.45, 7) is 4.76.